The fraction of sp³-hybridized carbons (Fsp3) is 0.722. The van der Waals surface area contributed by atoms with Gasteiger partial charge in [-0.1, -0.05) is 0 Å². The second-order valence-electron chi connectivity index (χ2n) is 7.32. The Morgan fingerprint density at radius 2 is 2.13 bits per heavy atom. The first-order valence-electron chi connectivity index (χ1n) is 8.89. The molecule has 23 heavy (non-hydrogen) atoms. The molecule has 0 aromatic carbocycles. The second kappa shape index (κ2) is 6.54. The third-order valence-corrected chi connectivity index (χ3v) is 6.55. The van der Waals surface area contributed by atoms with Crippen LogP contribution in [0.4, 0.5) is 0 Å². The summed E-state index contributed by atoms with van der Waals surface area (Å²) in [6.45, 7) is 5.58. The number of ether oxygens (including phenoxy) is 1. The molecule has 1 atom stereocenters. The van der Waals surface area contributed by atoms with Gasteiger partial charge in [-0.2, -0.15) is 11.3 Å². The van der Waals surface area contributed by atoms with Gasteiger partial charge in [-0.05, 0) is 61.0 Å². The van der Waals surface area contributed by atoms with Gasteiger partial charge < -0.3 is 9.64 Å². The van der Waals surface area contributed by atoms with Crippen molar-refractivity contribution in [3.05, 3.63) is 22.4 Å². The number of carbonyl (C=O) groups excluding carboxylic acids is 1. The summed E-state index contributed by atoms with van der Waals surface area (Å²) < 4.78 is 5.47. The summed E-state index contributed by atoms with van der Waals surface area (Å²) in [6.07, 6.45) is 5.30. The van der Waals surface area contributed by atoms with Crippen molar-refractivity contribution in [1.82, 2.24) is 9.80 Å². The first-order chi connectivity index (χ1) is 11.3. The maximum atomic E-state index is 13.3. The first-order valence-corrected chi connectivity index (χ1v) is 9.83. The van der Waals surface area contributed by atoms with E-state index in [-0.39, 0.29) is 5.41 Å². The van der Waals surface area contributed by atoms with Gasteiger partial charge in [0.25, 0.3) is 0 Å². The third-order valence-electron chi connectivity index (χ3n) is 5.82. The van der Waals surface area contributed by atoms with Crippen molar-refractivity contribution in [3.8, 4) is 0 Å². The summed E-state index contributed by atoms with van der Waals surface area (Å²) in [5.41, 5.74) is 1.28. The Balaban J connectivity index is 1.44. The molecule has 4 heterocycles. The fourth-order valence-electron chi connectivity index (χ4n) is 4.56. The number of nitrogens with zero attached hydrogens (tertiary/aromatic N) is 2. The molecule has 1 spiro atoms. The van der Waals surface area contributed by atoms with Crippen LogP contribution < -0.4 is 0 Å². The number of rotatable bonds is 3. The van der Waals surface area contributed by atoms with Crippen LogP contribution in [0.1, 0.15) is 37.7 Å². The van der Waals surface area contributed by atoms with Crippen LogP contribution >= 0.6 is 11.3 Å². The van der Waals surface area contributed by atoms with Crippen molar-refractivity contribution in [2.24, 2.45) is 5.41 Å². The molecular weight excluding hydrogens is 308 g/mol. The van der Waals surface area contributed by atoms with E-state index < -0.39 is 0 Å². The van der Waals surface area contributed by atoms with E-state index in [2.05, 4.69) is 26.6 Å². The second-order valence-corrected chi connectivity index (χ2v) is 8.10. The maximum absolute atomic E-state index is 13.3. The van der Waals surface area contributed by atoms with E-state index >= 15 is 0 Å². The van der Waals surface area contributed by atoms with Gasteiger partial charge in [0.1, 0.15) is 0 Å². The van der Waals surface area contributed by atoms with E-state index in [1.807, 2.05) is 0 Å². The number of piperidine rings is 1. The van der Waals surface area contributed by atoms with Crippen LogP contribution in [0.25, 0.3) is 0 Å². The smallest absolute Gasteiger partial charge is 0.230 e. The quantitative estimate of drug-likeness (QED) is 0.852. The van der Waals surface area contributed by atoms with Crippen molar-refractivity contribution in [2.75, 3.05) is 32.8 Å². The monoisotopic (exact) mass is 334 g/mol. The number of thiophene rings is 1. The molecule has 0 N–H and O–H groups in total. The Hall–Kier alpha value is -0.910. The van der Waals surface area contributed by atoms with E-state index in [9.17, 15) is 4.79 Å². The number of hydrogen-bond acceptors (Lipinski definition) is 4. The van der Waals surface area contributed by atoms with Gasteiger partial charge in [0.2, 0.25) is 5.91 Å². The molecule has 3 aliphatic rings. The molecule has 3 fully saturated rings. The summed E-state index contributed by atoms with van der Waals surface area (Å²) in [6, 6.07) is 2.62. The highest BCUT2D eigenvalue weighted by Gasteiger charge is 2.49. The summed E-state index contributed by atoms with van der Waals surface area (Å²) in [5.74, 6) is 0.434. The Morgan fingerprint density at radius 1 is 1.26 bits per heavy atom. The van der Waals surface area contributed by atoms with Crippen molar-refractivity contribution in [3.63, 3.8) is 0 Å². The van der Waals surface area contributed by atoms with Crippen LogP contribution in [0.15, 0.2) is 16.8 Å². The zero-order valence-electron chi connectivity index (χ0n) is 13.7. The lowest BCUT2D eigenvalue weighted by molar-refractivity contribution is -0.150. The standard InChI is InChI=1S/C18H26N2O2S/c21-17-18(5-1-7-20(17)16-2-9-22-10-3-16)6-8-19(14-18)12-15-4-11-23-13-15/h4,11,13,16H,1-3,5-10,12,14H2/t18-/m1/s1. The molecular formula is C18H26N2O2S. The van der Waals surface area contributed by atoms with Gasteiger partial charge in [0.15, 0.2) is 0 Å². The number of likely N-dealkylation sites (tertiary alicyclic amines) is 2. The zero-order chi connectivity index (χ0) is 15.7. The van der Waals surface area contributed by atoms with E-state index in [1.165, 1.54) is 5.56 Å². The van der Waals surface area contributed by atoms with Crippen molar-refractivity contribution >= 4 is 17.2 Å². The summed E-state index contributed by atoms with van der Waals surface area (Å²) >= 11 is 1.76. The minimum absolute atomic E-state index is 0.105. The molecule has 0 radical (unpaired) electrons. The van der Waals surface area contributed by atoms with E-state index in [0.717, 1.165) is 71.5 Å². The molecule has 0 saturated carbocycles. The molecule has 0 aliphatic carbocycles. The predicted octanol–water partition coefficient (Wildman–Crippen LogP) is 2.74. The molecule has 0 bridgehead atoms. The molecule has 5 heteroatoms. The molecule has 1 amide bonds. The third kappa shape index (κ3) is 3.06. The van der Waals surface area contributed by atoms with Crippen LogP contribution in [0.3, 0.4) is 0 Å². The topological polar surface area (TPSA) is 32.8 Å². The predicted molar refractivity (Wildman–Crippen MR) is 91.4 cm³/mol. The molecule has 0 unspecified atom stereocenters. The molecule has 1 aromatic heterocycles. The number of carbonyl (C=O) groups is 1. The van der Waals surface area contributed by atoms with Crippen LogP contribution in [0.5, 0.6) is 0 Å². The molecule has 4 rings (SSSR count). The average Bonchev–Trinajstić information content (AvgIpc) is 3.23. The molecule has 3 aliphatic heterocycles. The Kier molecular flexibility index (Phi) is 4.43. The average molecular weight is 334 g/mol. The lowest BCUT2D eigenvalue weighted by atomic mass is 9.77. The number of amides is 1. The van der Waals surface area contributed by atoms with Gasteiger partial charge in [0, 0.05) is 38.9 Å². The number of hydrogen-bond donors (Lipinski definition) is 0. The minimum atomic E-state index is -0.105. The maximum Gasteiger partial charge on any atom is 0.230 e. The summed E-state index contributed by atoms with van der Waals surface area (Å²) in [5, 5.41) is 4.36. The van der Waals surface area contributed by atoms with E-state index in [1.54, 1.807) is 11.3 Å². The highest BCUT2D eigenvalue weighted by atomic mass is 32.1. The summed E-state index contributed by atoms with van der Waals surface area (Å²) in [7, 11) is 0. The SMILES string of the molecule is O=C1N(C2CCOCC2)CCC[C@]12CCN(Cc1ccsc1)C2. The van der Waals surface area contributed by atoms with Crippen molar-refractivity contribution < 1.29 is 9.53 Å². The molecule has 1 aromatic rings. The Labute approximate surface area is 142 Å². The van der Waals surface area contributed by atoms with Crippen molar-refractivity contribution in [1.29, 1.82) is 0 Å². The van der Waals surface area contributed by atoms with Gasteiger partial charge >= 0.3 is 0 Å². The lowest BCUT2D eigenvalue weighted by Gasteiger charge is -2.44. The lowest BCUT2D eigenvalue weighted by Crippen LogP contribution is -2.54. The molecule has 4 nitrogen and oxygen atoms in total. The fourth-order valence-corrected chi connectivity index (χ4v) is 5.22. The van der Waals surface area contributed by atoms with Crippen LogP contribution in [-0.2, 0) is 16.1 Å². The van der Waals surface area contributed by atoms with Crippen molar-refractivity contribution in [2.45, 2.75) is 44.7 Å². The molecule has 3 saturated heterocycles. The van der Waals surface area contributed by atoms with Crippen LogP contribution in [-0.4, -0.2) is 54.6 Å². The first kappa shape index (κ1) is 15.6. The normalized spacial score (nSPS) is 30.4. The zero-order valence-corrected chi connectivity index (χ0v) is 14.5. The Bertz CT molecular complexity index is 541. The minimum Gasteiger partial charge on any atom is -0.381 e. The highest BCUT2D eigenvalue weighted by molar-refractivity contribution is 7.07. The van der Waals surface area contributed by atoms with Gasteiger partial charge in [-0.15, -0.1) is 0 Å². The van der Waals surface area contributed by atoms with Gasteiger partial charge in [-0.3, -0.25) is 9.69 Å². The highest BCUT2D eigenvalue weighted by Crippen LogP contribution is 2.41. The summed E-state index contributed by atoms with van der Waals surface area (Å²) in [4.78, 5) is 17.9. The van der Waals surface area contributed by atoms with Gasteiger partial charge in [-0.25, -0.2) is 0 Å². The molecule has 126 valence electrons. The van der Waals surface area contributed by atoms with E-state index in [4.69, 9.17) is 4.74 Å². The van der Waals surface area contributed by atoms with Gasteiger partial charge in [0.05, 0.1) is 5.41 Å². The Morgan fingerprint density at radius 3 is 2.91 bits per heavy atom. The van der Waals surface area contributed by atoms with Crippen LogP contribution in [0, 0.1) is 5.41 Å². The van der Waals surface area contributed by atoms with Crippen LogP contribution in [0.2, 0.25) is 0 Å². The van der Waals surface area contributed by atoms with E-state index in [0.29, 0.717) is 11.9 Å². The largest absolute Gasteiger partial charge is 0.381 e.